The number of ether oxygens (including phenoxy) is 1. The van der Waals surface area contributed by atoms with Gasteiger partial charge in [-0.1, -0.05) is 13.8 Å². The Hall–Kier alpha value is -1.83. The number of aliphatic hydroxyl groups excluding tert-OH is 1. The summed E-state index contributed by atoms with van der Waals surface area (Å²) < 4.78 is 5.42. The van der Waals surface area contributed by atoms with Gasteiger partial charge in [0, 0.05) is 13.0 Å². The molecule has 2 N–H and O–H groups in total. The Kier molecular flexibility index (Phi) is 5.32. The SMILES string of the molecule is CC(C)[C@@H]1C(=O)N2[C@H](CCN1C(=O)OC(C)(C)C)[C@H](O)C[C@H]2C(=O)O. The second-order valence-electron chi connectivity index (χ2n) is 8.12. The van der Waals surface area contributed by atoms with E-state index in [0.717, 1.165) is 0 Å². The van der Waals surface area contributed by atoms with Gasteiger partial charge in [-0.15, -0.1) is 0 Å². The van der Waals surface area contributed by atoms with Gasteiger partial charge in [0.25, 0.3) is 0 Å². The van der Waals surface area contributed by atoms with Crippen LogP contribution >= 0.6 is 0 Å². The Balaban J connectivity index is 2.36. The van der Waals surface area contributed by atoms with E-state index in [1.165, 1.54) is 9.80 Å². The van der Waals surface area contributed by atoms with Crippen molar-refractivity contribution in [2.75, 3.05) is 6.54 Å². The molecule has 0 aromatic rings. The van der Waals surface area contributed by atoms with E-state index in [9.17, 15) is 24.6 Å². The van der Waals surface area contributed by atoms with Gasteiger partial charge in [0.1, 0.15) is 17.7 Å². The monoisotopic (exact) mass is 356 g/mol. The molecule has 25 heavy (non-hydrogen) atoms. The highest BCUT2D eigenvalue weighted by molar-refractivity contribution is 5.91. The van der Waals surface area contributed by atoms with Crippen LogP contribution in [0.4, 0.5) is 4.79 Å². The minimum absolute atomic E-state index is 0.0169. The fraction of sp³-hybridized carbons (Fsp3) is 0.824. The first kappa shape index (κ1) is 19.5. The Morgan fingerprint density at radius 3 is 2.36 bits per heavy atom. The summed E-state index contributed by atoms with van der Waals surface area (Å²) in [5, 5.41) is 19.7. The van der Waals surface area contributed by atoms with Crippen LogP contribution in [0.3, 0.4) is 0 Å². The van der Waals surface area contributed by atoms with Crippen LogP contribution in [0.5, 0.6) is 0 Å². The van der Waals surface area contributed by atoms with Crippen molar-refractivity contribution in [1.29, 1.82) is 0 Å². The van der Waals surface area contributed by atoms with Gasteiger partial charge in [0.2, 0.25) is 5.91 Å². The van der Waals surface area contributed by atoms with Gasteiger partial charge in [-0.05, 0) is 33.1 Å². The van der Waals surface area contributed by atoms with Crippen molar-refractivity contribution in [2.24, 2.45) is 5.92 Å². The fourth-order valence-corrected chi connectivity index (χ4v) is 3.65. The quantitative estimate of drug-likeness (QED) is 0.766. The summed E-state index contributed by atoms with van der Waals surface area (Å²) in [5.74, 6) is -1.79. The summed E-state index contributed by atoms with van der Waals surface area (Å²) in [4.78, 5) is 39.9. The molecule has 0 aliphatic carbocycles. The average Bonchev–Trinajstić information content (AvgIpc) is 2.68. The first-order valence-electron chi connectivity index (χ1n) is 8.66. The van der Waals surface area contributed by atoms with E-state index in [1.54, 1.807) is 20.8 Å². The van der Waals surface area contributed by atoms with Crippen LogP contribution in [-0.4, -0.2) is 74.4 Å². The molecule has 0 saturated carbocycles. The standard InChI is InChI=1S/C17H28N2O6/c1-9(2)13-14(21)19-10(12(20)8-11(19)15(22)23)6-7-18(13)16(24)25-17(3,4)5/h9-13,20H,6-8H2,1-5H3,(H,22,23)/t10-,11+,12-,13-/m1/s1. The van der Waals surface area contributed by atoms with Gasteiger partial charge in [0.15, 0.2) is 0 Å². The predicted octanol–water partition coefficient (Wildman–Crippen LogP) is 1.07. The number of hydrogen-bond donors (Lipinski definition) is 2. The molecule has 0 unspecified atom stereocenters. The minimum Gasteiger partial charge on any atom is -0.480 e. The smallest absolute Gasteiger partial charge is 0.410 e. The van der Waals surface area contributed by atoms with Crippen LogP contribution in [0.2, 0.25) is 0 Å². The number of aliphatic hydroxyl groups is 1. The van der Waals surface area contributed by atoms with Crippen molar-refractivity contribution in [3.63, 3.8) is 0 Å². The number of carboxylic acid groups (broad SMARTS) is 1. The second kappa shape index (κ2) is 6.82. The Bertz CT molecular complexity index is 556. The molecule has 2 heterocycles. The van der Waals surface area contributed by atoms with E-state index in [-0.39, 0.29) is 18.9 Å². The van der Waals surface area contributed by atoms with Gasteiger partial charge in [-0.25, -0.2) is 9.59 Å². The van der Waals surface area contributed by atoms with Crippen LogP contribution < -0.4 is 0 Å². The zero-order valence-electron chi connectivity index (χ0n) is 15.4. The molecular weight excluding hydrogens is 328 g/mol. The highest BCUT2D eigenvalue weighted by Crippen LogP contribution is 2.33. The molecule has 4 atom stereocenters. The van der Waals surface area contributed by atoms with Crippen molar-refractivity contribution >= 4 is 18.0 Å². The number of carbonyl (C=O) groups excluding carboxylic acids is 2. The van der Waals surface area contributed by atoms with Gasteiger partial charge in [0.05, 0.1) is 12.1 Å². The molecule has 0 aromatic carbocycles. The molecule has 2 amide bonds. The molecule has 8 nitrogen and oxygen atoms in total. The topological polar surface area (TPSA) is 107 Å². The number of hydrogen-bond acceptors (Lipinski definition) is 5. The van der Waals surface area contributed by atoms with Crippen LogP contribution in [0, 0.1) is 5.92 Å². The molecule has 8 heteroatoms. The summed E-state index contributed by atoms with van der Waals surface area (Å²) in [5.41, 5.74) is -0.701. The van der Waals surface area contributed by atoms with Crippen molar-refractivity contribution in [3.05, 3.63) is 0 Å². The average molecular weight is 356 g/mol. The zero-order chi connectivity index (χ0) is 19.1. The van der Waals surface area contributed by atoms with Crippen LogP contribution in [0.25, 0.3) is 0 Å². The summed E-state index contributed by atoms with van der Waals surface area (Å²) in [6.07, 6.45) is -1.17. The third kappa shape index (κ3) is 3.89. The molecule has 0 radical (unpaired) electrons. The highest BCUT2D eigenvalue weighted by Gasteiger charge is 2.52. The molecule has 2 aliphatic rings. The fourth-order valence-electron chi connectivity index (χ4n) is 3.65. The van der Waals surface area contributed by atoms with E-state index in [2.05, 4.69) is 0 Å². The molecule has 2 fully saturated rings. The highest BCUT2D eigenvalue weighted by atomic mass is 16.6. The van der Waals surface area contributed by atoms with Gasteiger partial charge >= 0.3 is 12.1 Å². The number of carboxylic acids is 1. The van der Waals surface area contributed by atoms with Crippen molar-refractivity contribution in [3.8, 4) is 0 Å². The van der Waals surface area contributed by atoms with Crippen LogP contribution in [-0.2, 0) is 14.3 Å². The molecule has 142 valence electrons. The molecular formula is C17H28N2O6. The molecule has 2 aliphatic heterocycles. The maximum absolute atomic E-state index is 13.1. The molecule has 0 bridgehead atoms. The van der Waals surface area contributed by atoms with Crippen LogP contribution in [0.15, 0.2) is 0 Å². The maximum atomic E-state index is 13.1. The largest absolute Gasteiger partial charge is 0.480 e. The third-order valence-corrected chi connectivity index (χ3v) is 4.66. The summed E-state index contributed by atoms with van der Waals surface area (Å²) >= 11 is 0. The van der Waals surface area contributed by atoms with E-state index in [1.807, 2.05) is 13.8 Å². The summed E-state index contributed by atoms with van der Waals surface area (Å²) in [6, 6.07) is -2.47. The van der Waals surface area contributed by atoms with E-state index < -0.39 is 47.8 Å². The van der Waals surface area contributed by atoms with Crippen LogP contribution in [0.1, 0.15) is 47.5 Å². The Morgan fingerprint density at radius 1 is 1.28 bits per heavy atom. The van der Waals surface area contributed by atoms with Gasteiger partial charge in [-0.2, -0.15) is 0 Å². The first-order valence-corrected chi connectivity index (χ1v) is 8.66. The Labute approximate surface area is 147 Å². The summed E-state index contributed by atoms with van der Waals surface area (Å²) in [6.45, 7) is 9.09. The van der Waals surface area contributed by atoms with E-state index in [4.69, 9.17) is 4.74 Å². The molecule has 0 aromatic heterocycles. The number of carbonyl (C=O) groups is 3. The second-order valence-corrected chi connectivity index (χ2v) is 8.12. The van der Waals surface area contributed by atoms with Crippen molar-refractivity contribution < 1.29 is 29.3 Å². The number of fused-ring (bicyclic) bond motifs is 1. The molecule has 0 spiro atoms. The number of nitrogens with zero attached hydrogens (tertiary/aromatic N) is 2. The number of amides is 2. The summed E-state index contributed by atoms with van der Waals surface area (Å²) in [7, 11) is 0. The molecule has 2 saturated heterocycles. The maximum Gasteiger partial charge on any atom is 0.410 e. The first-order chi connectivity index (χ1) is 11.4. The number of aliphatic carboxylic acids is 1. The predicted molar refractivity (Wildman–Crippen MR) is 88.9 cm³/mol. The van der Waals surface area contributed by atoms with E-state index >= 15 is 0 Å². The Morgan fingerprint density at radius 2 is 1.88 bits per heavy atom. The normalized spacial score (nSPS) is 30.3. The lowest BCUT2D eigenvalue weighted by Crippen LogP contribution is -2.55. The lowest BCUT2D eigenvalue weighted by Gasteiger charge is -2.35. The molecule has 2 rings (SSSR count). The minimum atomic E-state index is -1.14. The number of rotatable bonds is 2. The van der Waals surface area contributed by atoms with Gasteiger partial charge in [-0.3, -0.25) is 9.69 Å². The third-order valence-electron chi connectivity index (χ3n) is 4.66. The lowest BCUT2D eigenvalue weighted by molar-refractivity contribution is -0.151. The van der Waals surface area contributed by atoms with Crippen molar-refractivity contribution in [2.45, 2.75) is 77.3 Å². The van der Waals surface area contributed by atoms with Crippen molar-refractivity contribution in [1.82, 2.24) is 9.80 Å². The lowest BCUT2D eigenvalue weighted by atomic mass is 10.0. The van der Waals surface area contributed by atoms with E-state index in [0.29, 0.717) is 6.42 Å². The zero-order valence-corrected chi connectivity index (χ0v) is 15.4. The van der Waals surface area contributed by atoms with Gasteiger partial charge < -0.3 is 19.8 Å².